The first-order valence-electron chi connectivity index (χ1n) is 17.9. The highest BCUT2D eigenvalue weighted by Gasteiger charge is 2.24. The van der Waals surface area contributed by atoms with Crippen molar-refractivity contribution < 1.29 is 0 Å². The maximum atomic E-state index is 5.42. The molecule has 252 valence electrons. The minimum absolute atomic E-state index is 0.261. The van der Waals surface area contributed by atoms with Crippen molar-refractivity contribution in [1.29, 1.82) is 0 Å². The Morgan fingerprint density at radius 1 is 0.585 bits per heavy atom. The maximum absolute atomic E-state index is 5.42. The van der Waals surface area contributed by atoms with Gasteiger partial charge in [-0.2, -0.15) is 0 Å². The van der Waals surface area contributed by atoms with Gasteiger partial charge in [0.1, 0.15) is 17.8 Å². The fraction of sp³-hybridized carbons (Fsp3) is 0.0426. The lowest BCUT2D eigenvalue weighted by Gasteiger charge is -2.24. The summed E-state index contributed by atoms with van der Waals surface area (Å²) in [5, 5.41) is 9.47. The molecule has 0 fully saturated rings. The monoisotopic (exact) mass is 682 g/mol. The Morgan fingerprint density at radius 3 is 2.02 bits per heavy atom. The second kappa shape index (κ2) is 12.9. The van der Waals surface area contributed by atoms with E-state index in [-0.39, 0.29) is 6.17 Å². The number of nitrogens with zero attached hydrogens (tertiary/aromatic N) is 4. The summed E-state index contributed by atoms with van der Waals surface area (Å²) in [5.41, 5.74) is 12.0. The van der Waals surface area contributed by atoms with Crippen LogP contribution in [0.2, 0.25) is 0 Å². The number of fused-ring (bicyclic) bond motifs is 6. The van der Waals surface area contributed by atoms with Crippen molar-refractivity contribution >= 4 is 39.6 Å². The average Bonchev–Trinajstić information content (AvgIpc) is 3.66. The first-order valence-corrected chi connectivity index (χ1v) is 17.9. The Morgan fingerprint density at radius 2 is 1.23 bits per heavy atom. The van der Waals surface area contributed by atoms with Crippen LogP contribution in [-0.4, -0.2) is 21.2 Å². The van der Waals surface area contributed by atoms with Crippen molar-refractivity contribution in [1.82, 2.24) is 20.2 Å². The third-order valence-corrected chi connectivity index (χ3v) is 10.1. The predicted molar refractivity (Wildman–Crippen MR) is 217 cm³/mol. The van der Waals surface area contributed by atoms with E-state index in [0.29, 0.717) is 5.84 Å². The molecule has 53 heavy (non-hydrogen) atoms. The molecule has 0 amide bonds. The number of aliphatic imine (C=N–C) groups is 2. The number of hydrogen-bond acceptors (Lipinski definition) is 5. The van der Waals surface area contributed by atoms with E-state index >= 15 is 0 Å². The molecular weight excluding hydrogens is 649 g/mol. The van der Waals surface area contributed by atoms with Gasteiger partial charge in [-0.05, 0) is 58.1 Å². The summed E-state index contributed by atoms with van der Waals surface area (Å²) in [6.45, 7) is 0.727. The quantitative estimate of drug-likeness (QED) is 0.184. The third kappa shape index (κ3) is 5.49. The van der Waals surface area contributed by atoms with Crippen LogP contribution < -0.4 is 10.6 Å². The molecule has 0 radical (unpaired) electrons. The number of nitrogens with one attached hydrogen (secondary N) is 2. The van der Waals surface area contributed by atoms with Crippen LogP contribution in [0, 0.1) is 0 Å². The van der Waals surface area contributed by atoms with Crippen LogP contribution in [0.3, 0.4) is 0 Å². The maximum Gasteiger partial charge on any atom is 0.159 e. The largest absolute Gasteiger partial charge is 0.387 e. The summed E-state index contributed by atoms with van der Waals surface area (Å²) in [6, 6.07) is 57.1. The van der Waals surface area contributed by atoms with Crippen molar-refractivity contribution in [2.24, 2.45) is 9.98 Å². The molecule has 2 aliphatic heterocycles. The molecule has 1 aromatic heterocycles. The van der Waals surface area contributed by atoms with Crippen molar-refractivity contribution in [2.45, 2.75) is 12.7 Å². The van der Waals surface area contributed by atoms with Gasteiger partial charge in [0.25, 0.3) is 0 Å². The topological polar surface area (TPSA) is 66.6 Å². The molecule has 2 N–H and O–H groups in total. The van der Waals surface area contributed by atoms with E-state index in [1.807, 2.05) is 42.6 Å². The first kappa shape index (κ1) is 30.7. The molecule has 0 spiro atoms. The van der Waals surface area contributed by atoms with Crippen LogP contribution in [0.25, 0.3) is 56.1 Å². The number of rotatable bonds is 6. The number of benzene rings is 7. The molecule has 3 heterocycles. The minimum atomic E-state index is -0.261. The Hall–Kier alpha value is -7.05. The van der Waals surface area contributed by atoms with E-state index < -0.39 is 0 Å². The highest BCUT2D eigenvalue weighted by atomic mass is 15.2. The van der Waals surface area contributed by atoms with Gasteiger partial charge in [0.2, 0.25) is 0 Å². The van der Waals surface area contributed by atoms with Crippen molar-refractivity contribution in [2.75, 3.05) is 0 Å². The van der Waals surface area contributed by atoms with Gasteiger partial charge in [-0.15, -0.1) is 0 Å². The van der Waals surface area contributed by atoms with Crippen LogP contribution in [0.4, 0.5) is 0 Å². The Labute approximate surface area is 307 Å². The Balaban J connectivity index is 1.12. The van der Waals surface area contributed by atoms with Crippen LogP contribution >= 0.6 is 0 Å². The first-order chi connectivity index (χ1) is 26.3. The van der Waals surface area contributed by atoms with Crippen LogP contribution in [0.15, 0.2) is 180 Å². The fourth-order valence-corrected chi connectivity index (χ4v) is 7.59. The number of hydrogen-bond donors (Lipinski definition) is 2. The predicted octanol–water partition coefficient (Wildman–Crippen LogP) is 10.1. The van der Waals surface area contributed by atoms with Gasteiger partial charge in [0.15, 0.2) is 5.84 Å². The molecule has 6 nitrogen and oxygen atoms in total. The van der Waals surface area contributed by atoms with Crippen LogP contribution in [0.1, 0.15) is 34.0 Å². The fourth-order valence-electron chi connectivity index (χ4n) is 7.59. The molecule has 8 aromatic rings. The van der Waals surface area contributed by atoms with E-state index in [2.05, 4.69) is 149 Å². The highest BCUT2D eigenvalue weighted by Crippen LogP contribution is 2.39. The van der Waals surface area contributed by atoms with Gasteiger partial charge in [0.05, 0.1) is 11.0 Å². The number of aromatic nitrogens is 2. The van der Waals surface area contributed by atoms with Crippen molar-refractivity contribution in [3.05, 3.63) is 198 Å². The number of amidine groups is 2. The molecule has 0 aliphatic carbocycles. The molecular formula is C47H34N6. The summed E-state index contributed by atoms with van der Waals surface area (Å²) in [4.78, 5) is 15.5. The van der Waals surface area contributed by atoms with E-state index in [9.17, 15) is 0 Å². The SMILES string of the molecule is C1=Cc2c(c3nc(-c4ccccc4)n(-c4cccc(-c5cccc(C6=NC(c7ccccc7)=NC(c7ccccc7)N6)c5)c4)c3c3ccccc23)CN1. The minimum Gasteiger partial charge on any atom is -0.387 e. The summed E-state index contributed by atoms with van der Waals surface area (Å²) in [6.07, 6.45) is 3.96. The molecule has 1 atom stereocenters. The number of imidazole rings is 1. The molecule has 10 rings (SSSR count). The standard InChI is InChI=1S/C47H34N6/c1-4-14-31(15-5-1)44-50-45(32-16-6-2-7-17-32)52-46(51-44)36-22-12-20-34(28-36)35-21-13-23-37(29-35)53-43-40-25-11-10-24-38(40)39-26-27-48-30-41(39)42(43)49-47(53)33-18-8-3-9-19-33/h1-29,44,48H,30H2,(H,50,51,52). The Kier molecular flexibility index (Phi) is 7.50. The average molecular weight is 683 g/mol. The van der Waals surface area contributed by atoms with Gasteiger partial charge in [-0.1, -0.05) is 146 Å². The van der Waals surface area contributed by atoms with Crippen molar-refractivity contribution in [3.63, 3.8) is 0 Å². The molecule has 0 saturated carbocycles. The molecule has 0 bridgehead atoms. The second-order valence-corrected chi connectivity index (χ2v) is 13.4. The van der Waals surface area contributed by atoms with Gasteiger partial charge in [0, 0.05) is 39.9 Å². The lowest BCUT2D eigenvalue weighted by Crippen LogP contribution is -2.33. The lowest BCUT2D eigenvalue weighted by molar-refractivity contribution is 0.674. The zero-order chi connectivity index (χ0) is 35.1. The van der Waals surface area contributed by atoms with Crippen LogP contribution in [-0.2, 0) is 6.54 Å². The summed E-state index contributed by atoms with van der Waals surface area (Å²) in [7, 11) is 0. The smallest absolute Gasteiger partial charge is 0.159 e. The van der Waals surface area contributed by atoms with E-state index in [0.717, 1.165) is 68.3 Å². The lowest BCUT2D eigenvalue weighted by atomic mass is 9.95. The molecule has 2 aliphatic rings. The van der Waals surface area contributed by atoms with Gasteiger partial charge >= 0.3 is 0 Å². The van der Waals surface area contributed by atoms with Crippen molar-refractivity contribution in [3.8, 4) is 28.2 Å². The van der Waals surface area contributed by atoms with Gasteiger partial charge < -0.3 is 10.6 Å². The van der Waals surface area contributed by atoms with Gasteiger partial charge in [-0.3, -0.25) is 4.57 Å². The zero-order valence-corrected chi connectivity index (χ0v) is 28.8. The molecule has 6 heteroatoms. The van der Waals surface area contributed by atoms with E-state index in [1.165, 1.54) is 21.9 Å². The molecule has 1 unspecified atom stereocenters. The molecule has 0 saturated heterocycles. The third-order valence-electron chi connectivity index (χ3n) is 10.1. The summed E-state index contributed by atoms with van der Waals surface area (Å²) < 4.78 is 2.35. The zero-order valence-electron chi connectivity index (χ0n) is 28.8. The Bertz CT molecular complexity index is 2740. The van der Waals surface area contributed by atoms with E-state index in [1.54, 1.807) is 0 Å². The normalized spacial score (nSPS) is 15.0. The molecule has 7 aromatic carbocycles. The van der Waals surface area contributed by atoms with Crippen LogP contribution in [0.5, 0.6) is 0 Å². The highest BCUT2D eigenvalue weighted by molar-refractivity contribution is 6.14. The summed E-state index contributed by atoms with van der Waals surface area (Å²) >= 11 is 0. The second-order valence-electron chi connectivity index (χ2n) is 13.4. The van der Waals surface area contributed by atoms with E-state index in [4.69, 9.17) is 15.0 Å². The summed E-state index contributed by atoms with van der Waals surface area (Å²) in [5.74, 6) is 2.41. The van der Waals surface area contributed by atoms with Gasteiger partial charge in [-0.25, -0.2) is 15.0 Å².